The highest BCUT2D eigenvalue weighted by atomic mass is 16.5. The zero-order valence-corrected chi connectivity index (χ0v) is 11.3. The largest absolute Gasteiger partial charge is 0.491 e. The lowest BCUT2D eigenvalue weighted by molar-refractivity contribution is 0.146. The molecule has 0 aliphatic heterocycles. The summed E-state index contributed by atoms with van der Waals surface area (Å²) in [6.07, 6.45) is 1.78. The minimum atomic E-state index is 0.550. The van der Waals surface area contributed by atoms with Gasteiger partial charge in [0.25, 0.3) is 0 Å². The molecule has 1 N–H and O–H groups in total. The monoisotopic (exact) mass is 268 g/mol. The van der Waals surface area contributed by atoms with E-state index in [0.29, 0.717) is 13.2 Å². The number of nitrogens with one attached hydrogen (secondary N) is 1. The van der Waals surface area contributed by atoms with Crippen LogP contribution in [0.15, 0.2) is 48.7 Å². The Labute approximate surface area is 117 Å². The van der Waals surface area contributed by atoms with Gasteiger partial charge in [0.2, 0.25) is 0 Å². The molecular weight excluding hydrogens is 252 g/mol. The van der Waals surface area contributed by atoms with E-state index in [1.165, 1.54) is 0 Å². The molecule has 0 atom stereocenters. The first-order valence-electron chi connectivity index (χ1n) is 6.53. The van der Waals surface area contributed by atoms with Crippen LogP contribution in [0, 0.1) is 0 Å². The summed E-state index contributed by atoms with van der Waals surface area (Å²) in [5.74, 6) is 0.839. The molecule has 0 radical (unpaired) electrons. The lowest BCUT2D eigenvalue weighted by Gasteiger charge is -2.06. The van der Waals surface area contributed by atoms with Gasteiger partial charge in [0.05, 0.1) is 6.61 Å². The lowest BCUT2D eigenvalue weighted by Crippen LogP contribution is -2.04. The fourth-order valence-electron chi connectivity index (χ4n) is 2.11. The number of hydrogen-bond donors (Lipinski definition) is 1. The highest BCUT2D eigenvalue weighted by molar-refractivity contribution is 5.83. The summed E-state index contributed by atoms with van der Waals surface area (Å²) in [5, 5.41) is 1.10. The molecule has 0 saturated heterocycles. The fraction of sp³-hybridized carbons (Fsp3) is 0.188. The molecule has 0 unspecified atom stereocenters. The van der Waals surface area contributed by atoms with Gasteiger partial charge in [0.1, 0.15) is 18.0 Å². The summed E-state index contributed by atoms with van der Waals surface area (Å²) < 4.78 is 10.6. The zero-order chi connectivity index (χ0) is 13.8. The Hall–Kier alpha value is -2.33. The van der Waals surface area contributed by atoms with Gasteiger partial charge >= 0.3 is 0 Å². The van der Waals surface area contributed by atoms with Gasteiger partial charge in [-0.25, -0.2) is 4.98 Å². The van der Waals surface area contributed by atoms with Gasteiger partial charge in [-0.2, -0.15) is 0 Å². The van der Waals surface area contributed by atoms with Crippen molar-refractivity contribution in [1.82, 2.24) is 9.97 Å². The number of fused-ring (bicyclic) bond motifs is 1. The molecule has 4 nitrogen and oxygen atoms in total. The molecule has 2 aromatic heterocycles. The first kappa shape index (κ1) is 12.7. The third kappa shape index (κ3) is 2.65. The van der Waals surface area contributed by atoms with Crippen molar-refractivity contribution in [2.24, 2.45) is 0 Å². The van der Waals surface area contributed by atoms with Gasteiger partial charge in [0, 0.05) is 30.0 Å². The van der Waals surface area contributed by atoms with Crippen molar-refractivity contribution in [2.45, 2.75) is 0 Å². The number of hydrogen-bond acceptors (Lipinski definition) is 3. The molecule has 20 heavy (non-hydrogen) atoms. The van der Waals surface area contributed by atoms with Crippen LogP contribution in [0.1, 0.15) is 0 Å². The minimum Gasteiger partial charge on any atom is -0.491 e. The molecule has 0 aliphatic carbocycles. The first-order valence-corrected chi connectivity index (χ1v) is 6.53. The van der Waals surface area contributed by atoms with Crippen LogP contribution in [0.2, 0.25) is 0 Å². The molecule has 0 aliphatic rings. The van der Waals surface area contributed by atoms with Crippen LogP contribution in [0.3, 0.4) is 0 Å². The maximum Gasteiger partial charge on any atom is 0.137 e. The van der Waals surface area contributed by atoms with Gasteiger partial charge in [-0.15, -0.1) is 0 Å². The second kappa shape index (κ2) is 5.75. The third-order valence-electron chi connectivity index (χ3n) is 3.09. The number of rotatable bonds is 5. The molecule has 2 heterocycles. The van der Waals surface area contributed by atoms with Crippen LogP contribution < -0.4 is 4.74 Å². The van der Waals surface area contributed by atoms with Gasteiger partial charge < -0.3 is 14.5 Å². The second-order valence-corrected chi connectivity index (χ2v) is 4.49. The summed E-state index contributed by atoms with van der Waals surface area (Å²) >= 11 is 0. The quantitative estimate of drug-likeness (QED) is 0.722. The van der Waals surface area contributed by atoms with Crippen molar-refractivity contribution in [3.63, 3.8) is 0 Å². The van der Waals surface area contributed by atoms with E-state index in [2.05, 4.69) is 16.0 Å². The van der Waals surface area contributed by atoms with Crippen LogP contribution in [0.5, 0.6) is 5.75 Å². The standard InChI is InChI=1S/C16H16N2O2/c1-19-8-9-20-14-6-2-4-12(10-14)15-11-13-5-3-7-17-16(13)18-15/h2-7,10-11H,8-9H2,1H3,(H,17,18). The first-order chi connectivity index (χ1) is 9.86. The Bertz CT molecular complexity index is 673. The maximum absolute atomic E-state index is 5.63. The van der Waals surface area contributed by atoms with E-state index >= 15 is 0 Å². The van der Waals surface area contributed by atoms with Crippen LogP contribution in [0.25, 0.3) is 22.3 Å². The number of H-pyrrole nitrogens is 1. The molecule has 4 heteroatoms. The molecule has 0 bridgehead atoms. The van der Waals surface area contributed by atoms with Crippen molar-refractivity contribution in [1.29, 1.82) is 0 Å². The Morgan fingerprint density at radius 3 is 2.90 bits per heavy atom. The van der Waals surface area contributed by atoms with Crippen molar-refractivity contribution in [2.75, 3.05) is 20.3 Å². The summed E-state index contributed by atoms with van der Waals surface area (Å²) in [7, 11) is 1.66. The number of pyridine rings is 1. The van der Waals surface area contributed by atoms with Gasteiger partial charge in [-0.1, -0.05) is 12.1 Å². The number of aromatic amines is 1. The zero-order valence-electron chi connectivity index (χ0n) is 11.3. The smallest absolute Gasteiger partial charge is 0.137 e. The van der Waals surface area contributed by atoms with Gasteiger partial charge in [-0.3, -0.25) is 0 Å². The van der Waals surface area contributed by atoms with E-state index in [1.807, 2.05) is 36.4 Å². The molecule has 3 aromatic rings. The second-order valence-electron chi connectivity index (χ2n) is 4.49. The van der Waals surface area contributed by atoms with Crippen LogP contribution in [-0.4, -0.2) is 30.3 Å². The maximum atomic E-state index is 5.63. The van der Waals surface area contributed by atoms with E-state index in [1.54, 1.807) is 13.3 Å². The predicted octanol–water partition coefficient (Wildman–Crippen LogP) is 3.26. The Morgan fingerprint density at radius 1 is 1.10 bits per heavy atom. The van der Waals surface area contributed by atoms with Crippen molar-refractivity contribution in [3.8, 4) is 17.0 Å². The van der Waals surface area contributed by atoms with E-state index in [-0.39, 0.29) is 0 Å². The van der Waals surface area contributed by atoms with Crippen molar-refractivity contribution < 1.29 is 9.47 Å². The Kier molecular flexibility index (Phi) is 3.65. The van der Waals surface area contributed by atoms with Crippen LogP contribution in [0.4, 0.5) is 0 Å². The molecule has 3 rings (SSSR count). The third-order valence-corrected chi connectivity index (χ3v) is 3.09. The summed E-state index contributed by atoms with van der Waals surface area (Å²) in [4.78, 5) is 7.62. The van der Waals surface area contributed by atoms with E-state index in [9.17, 15) is 0 Å². The van der Waals surface area contributed by atoms with Gasteiger partial charge in [0.15, 0.2) is 0 Å². The average Bonchev–Trinajstić information content (AvgIpc) is 2.92. The number of methoxy groups -OCH3 is 1. The topological polar surface area (TPSA) is 47.1 Å². The molecule has 0 amide bonds. The number of aromatic nitrogens is 2. The average molecular weight is 268 g/mol. The molecular formula is C16H16N2O2. The molecule has 0 spiro atoms. The fourth-order valence-corrected chi connectivity index (χ4v) is 2.11. The molecule has 1 aromatic carbocycles. The molecule has 102 valence electrons. The number of benzene rings is 1. The van der Waals surface area contributed by atoms with Crippen LogP contribution in [-0.2, 0) is 4.74 Å². The lowest BCUT2D eigenvalue weighted by atomic mass is 10.1. The minimum absolute atomic E-state index is 0.550. The number of ether oxygens (including phenoxy) is 2. The van der Waals surface area contributed by atoms with Crippen molar-refractivity contribution in [3.05, 3.63) is 48.7 Å². The van der Waals surface area contributed by atoms with E-state index in [4.69, 9.17) is 9.47 Å². The SMILES string of the molecule is COCCOc1cccc(-c2cc3cccnc3[nH]2)c1. The number of nitrogens with zero attached hydrogens (tertiary/aromatic N) is 1. The summed E-state index contributed by atoms with van der Waals surface area (Å²) in [5.41, 5.74) is 3.02. The highest BCUT2D eigenvalue weighted by Gasteiger charge is 2.04. The highest BCUT2D eigenvalue weighted by Crippen LogP contribution is 2.25. The molecule has 0 fully saturated rings. The Morgan fingerprint density at radius 2 is 2.05 bits per heavy atom. The van der Waals surface area contributed by atoms with Crippen molar-refractivity contribution >= 4 is 11.0 Å². The normalized spacial score (nSPS) is 10.8. The predicted molar refractivity (Wildman–Crippen MR) is 78.9 cm³/mol. The van der Waals surface area contributed by atoms with E-state index in [0.717, 1.165) is 28.0 Å². The Balaban J connectivity index is 1.87. The summed E-state index contributed by atoms with van der Waals surface area (Å²) in [6.45, 7) is 1.13. The molecule has 0 saturated carbocycles. The van der Waals surface area contributed by atoms with Gasteiger partial charge in [-0.05, 0) is 30.3 Å². The van der Waals surface area contributed by atoms with Crippen LogP contribution >= 0.6 is 0 Å². The summed E-state index contributed by atoms with van der Waals surface area (Å²) in [6, 6.07) is 14.1. The van der Waals surface area contributed by atoms with E-state index < -0.39 is 0 Å².